The maximum atomic E-state index is 10.1. The van der Waals surface area contributed by atoms with Crippen molar-refractivity contribution in [2.24, 2.45) is 0 Å². The number of fused-ring (bicyclic) bond motifs is 1. The molecule has 2 aromatic rings. The first kappa shape index (κ1) is 16.5. The van der Waals surface area contributed by atoms with Gasteiger partial charge in [-0.05, 0) is 47.4 Å². The molecule has 128 valence electrons. The molecule has 0 saturated carbocycles. The van der Waals surface area contributed by atoms with Crippen LogP contribution in [-0.4, -0.2) is 33.0 Å². The summed E-state index contributed by atoms with van der Waals surface area (Å²) in [6, 6.07) is 9.74. The van der Waals surface area contributed by atoms with E-state index >= 15 is 0 Å². The van der Waals surface area contributed by atoms with Gasteiger partial charge in [0.25, 0.3) is 0 Å². The van der Waals surface area contributed by atoms with Crippen molar-refractivity contribution in [2.75, 3.05) is 27.9 Å². The molecule has 3 rings (SSSR count). The van der Waals surface area contributed by atoms with Gasteiger partial charge < -0.3 is 24.6 Å². The molecule has 1 atom stereocenters. The lowest BCUT2D eigenvalue weighted by Gasteiger charge is -2.27. The van der Waals surface area contributed by atoms with Crippen molar-refractivity contribution in [1.29, 1.82) is 0 Å². The number of hydrogen-bond donors (Lipinski definition) is 2. The van der Waals surface area contributed by atoms with Crippen LogP contribution in [0.15, 0.2) is 30.3 Å². The topological polar surface area (TPSA) is 60.0 Å². The van der Waals surface area contributed by atoms with E-state index in [0.717, 1.165) is 31.0 Å². The number of hydrogen-bond acceptors (Lipinski definition) is 5. The van der Waals surface area contributed by atoms with E-state index in [0.29, 0.717) is 5.75 Å². The van der Waals surface area contributed by atoms with Crippen LogP contribution < -0.4 is 19.5 Å². The van der Waals surface area contributed by atoms with E-state index in [2.05, 4.69) is 11.4 Å². The zero-order valence-corrected chi connectivity index (χ0v) is 14.3. The summed E-state index contributed by atoms with van der Waals surface area (Å²) in [5, 5.41) is 13.6. The molecule has 0 aliphatic carbocycles. The largest absolute Gasteiger partial charge is 0.504 e. The molecular formula is C19H23NO4. The first-order chi connectivity index (χ1) is 11.7. The van der Waals surface area contributed by atoms with Crippen LogP contribution in [0.5, 0.6) is 23.0 Å². The Hall–Kier alpha value is -2.40. The van der Waals surface area contributed by atoms with Gasteiger partial charge in [0.15, 0.2) is 23.0 Å². The standard InChI is InChI=1S/C19H23NO4/c1-22-17-5-4-12(7-19(17)24-3)6-13-10-20-11-14-8-18(23-2)16(21)9-15(13)14/h4-5,7-9,13,20-21H,6,10-11H2,1-3H3. The molecule has 1 aliphatic heterocycles. The smallest absolute Gasteiger partial charge is 0.160 e. The van der Waals surface area contributed by atoms with Gasteiger partial charge in [-0.15, -0.1) is 0 Å². The van der Waals surface area contributed by atoms with Gasteiger partial charge in [0, 0.05) is 19.0 Å². The van der Waals surface area contributed by atoms with Gasteiger partial charge in [0.2, 0.25) is 0 Å². The normalized spacial score (nSPS) is 16.4. The molecule has 0 radical (unpaired) electrons. The molecule has 2 N–H and O–H groups in total. The molecule has 1 aliphatic rings. The van der Waals surface area contributed by atoms with Crippen molar-refractivity contribution in [1.82, 2.24) is 5.32 Å². The van der Waals surface area contributed by atoms with Gasteiger partial charge in [-0.25, -0.2) is 0 Å². The molecule has 0 saturated heterocycles. The van der Waals surface area contributed by atoms with Crippen LogP contribution >= 0.6 is 0 Å². The minimum absolute atomic E-state index is 0.190. The lowest BCUT2D eigenvalue weighted by atomic mass is 9.86. The fourth-order valence-corrected chi connectivity index (χ4v) is 3.29. The number of aromatic hydroxyl groups is 1. The quantitative estimate of drug-likeness (QED) is 0.883. The Labute approximate surface area is 142 Å². The van der Waals surface area contributed by atoms with E-state index in [1.54, 1.807) is 21.3 Å². The number of ether oxygens (including phenoxy) is 3. The first-order valence-corrected chi connectivity index (χ1v) is 7.97. The van der Waals surface area contributed by atoms with Crippen LogP contribution in [0, 0.1) is 0 Å². The van der Waals surface area contributed by atoms with Gasteiger partial charge in [-0.1, -0.05) is 6.07 Å². The van der Waals surface area contributed by atoms with Crippen LogP contribution in [0.25, 0.3) is 0 Å². The molecule has 2 aromatic carbocycles. The number of nitrogens with one attached hydrogen (secondary N) is 1. The second-order valence-corrected chi connectivity index (χ2v) is 5.94. The highest BCUT2D eigenvalue weighted by Gasteiger charge is 2.23. The number of phenols is 1. The fraction of sp³-hybridized carbons (Fsp3) is 0.368. The third kappa shape index (κ3) is 3.12. The van der Waals surface area contributed by atoms with E-state index in [1.807, 2.05) is 24.3 Å². The number of benzene rings is 2. The number of rotatable bonds is 5. The number of methoxy groups -OCH3 is 3. The molecule has 0 bridgehead atoms. The average molecular weight is 329 g/mol. The van der Waals surface area contributed by atoms with E-state index in [1.165, 1.54) is 16.7 Å². The maximum Gasteiger partial charge on any atom is 0.160 e. The summed E-state index contributed by atoms with van der Waals surface area (Å²) in [4.78, 5) is 0. The third-order valence-corrected chi connectivity index (χ3v) is 4.52. The van der Waals surface area contributed by atoms with E-state index in [4.69, 9.17) is 14.2 Å². The summed E-state index contributed by atoms with van der Waals surface area (Å²) in [6.07, 6.45) is 0.853. The Kier molecular flexibility index (Phi) is 4.81. The van der Waals surface area contributed by atoms with Gasteiger partial charge in [-0.2, -0.15) is 0 Å². The average Bonchev–Trinajstić information content (AvgIpc) is 2.61. The van der Waals surface area contributed by atoms with Crippen molar-refractivity contribution in [3.8, 4) is 23.0 Å². The van der Waals surface area contributed by atoms with Crippen molar-refractivity contribution in [2.45, 2.75) is 18.9 Å². The van der Waals surface area contributed by atoms with Crippen LogP contribution in [0.2, 0.25) is 0 Å². The predicted octanol–water partition coefficient (Wildman–Crippen LogP) is 2.85. The van der Waals surface area contributed by atoms with Gasteiger partial charge in [0.05, 0.1) is 21.3 Å². The maximum absolute atomic E-state index is 10.1. The Morgan fingerprint density at radius 3 is 2.46 bits per heavy atom. The lowest BCUT2D eigenvalue weighted by Crippen LogP contribution is -2.29. The monoisotopic (exact) mass is 329 g/mol. The van der Waals surface area contributed by atoms with Gasteiger partial charge in [-0.3, -0.25) is 0 Å². The van der Waals surface area contributed by atoms with Crippen molar-refractivity contribution in [3.05, 3.63) is 47.0 Å². The first-order valence-electron chi connectivity index (χ1n) is 7.97. The molecule has 0 aromatic heterocycles. The number of phenolic OH excluding ortho intramolecular Hbond substituents is 1. The fourth-order valence-electron chi connectivity index (χ4n) is 3.29. The van der Waals surface area contributed by atoms with Crippen molar-refractivity contribution in [3.63, 3.8) is 0 Å². The minimum Gasteiger partial charge on any atom is -0.504 e. The summed E-state index contributed by atoms with van der Waals surface area (Å²) in [5.41, 5.74) is 3.51. The van der Waals surface area contributed by atoms with Gasteiger partial charge >= 0.3 is 0 Å². The molecular weight excluding hydrogens is 306 g/mol. The SMILES string of the molecule is COc1cc2c(cc1O)C(Cc1ccc(OC)c(OC)c1)CNC2. The molecule has 5 heteroatoms. The van der Waals surface area contributed by atoms with Crippen LogP contribution in [-0.2, 0) is 13.0 Å². The predicted molar refractivity (Wildman–Crippen MR) is 92.4 cm³/mol. The highest BCUT2D eigenvalue weighted by Crippen LogP contribution is 2.37. The zero-order chi connectivity index (χ0) is 17.1. The summed E-state index contributed by atoms with van der Waals surface area (Å²) < 4.78 is 15.9. The van der Waals surface area contributed by atoms with Gasteiger partial charge in [0.1, 0.15) is 0 Å². The van der Waals surface area contributed by atoms with Crippen LogP contribution in [0.4, 0.5) is 0 Å². The second-order valence-electron chi connectivity index (χ2n) is 5.94. The van der Waals surface area contributed by atoms with Crippen LogP contribution in [0.3, 0.4) is 0 Å². The minimum atomic E-state index is 0.190. The highest BCUT2D eigenvalue weighted by atomic mass is 16.5. The molecule has 0 spiro atoms. The van der Waals surface area contributed by atoms with E-state index < -0.39 is 0 Å². The Bertz CT molecular complexity index is 730. The van der Waals surface area contributed by atoms with Crippen molar-refractivity contribution >= 4 is 0 Å². The van der Waals surface area contributed by atoms with E-state index in [-0.39, 0.29) is 11.7 Å². The molecule has 0 fully saturated rings. The summed E-state index contributed by atoms with van der Waals surface area (Å²) in [7, 11) is 4.84. The van der Waals surface area contributed by atoms with E-state index in [9.17, 15) is 5.11 Å². The molecule has 5 nitrogen and oxygen atoms in total. The second kappa shape index (κ2) is 7.01. The molecule has 0 amide bonds. The van der Waals surface area contributed by atoms with Crippen LogP contribution in [0.1, 0.15) is 22.6 Å². The molecule has 24 heavy (non-hydrogen) atoms. The lowest BCUT2D eigenvalue weighted by molar-refractivity contribution is 0.354. The Balaban J connectivity index is 1.89. The Morgan fingerprint density at radius 1 is 1.00 bits per heavy atom. The highest BCUT2D eigenvalue weighted by molar-refractivity contribution is 5.49. The summed E-state index contributed by atoms with van der Waals surface area (Å²) in [5.74, 6) is 2.45. The summed E-state index contributed by atoms with van der Waals surface area (Å²) in [6.45, 7) is 1.65. The molecule has 1 unspecified atom stereocenters. The summed E-state index contributed by atoms with van der Waals surface area (Å²) >= 11 is 0. The Morgan fingerprint density at radius 2 is 1.75 bits per heavy atom. The zero-order valence-electron chi connectivity index (χ0n) is 14.3. The molecule has 1 heterocycles. The third-order valence-electron chi connectivity index (χ3n) is 4.52. The van der Waals surface area contributed by atoms with Crippen molar-refractivity contribution < 1.29 is 19.3 Å².